The normalized spacial score (nSPS) is 12.4. The second kappa shape index (κ2) is 9.96. The van der Waals surface area contributed by atoms with Crippen molar-refractivity contribution < 1.29 is 0 Å². The van der Waals surface area contributed by atoms with Crippen molar-refractivity contribution in [1.29, 1.82) is 0 Å². The molecule has 3 nitrogen and oxygen atoms in total. The molecule has 0 aliphatic rings. The average Bonchev–Trinajstić information content (AvgIpc) is 3.92. The van der Waals surface area contributed by atoms with Gasteiger partial charge in [0.15, 0.2) is 0 Å². The largest absolute Gasteiger partial charge is 0.278 e. The van der Waals surface area contributed by atoms with Gasteiger partial charge in [0.25, 0.3) is 0 Å². The van der Waals surface area contributed by atoms with Crippen molar-refractivity contribution in [1.82, 2.24) is 14.5 Å². The van der Waals surface area contributed by atoms with Gasteiger partial charge in [0.05, 0.1) is 22.2 Å². The van der Waals surface area contributed by atoms with Crippen LogP contribution in [0, 0.1) is 0 Å². The lowest BCUT2D eigenvalue weighted by molar-refractivity contribution is 1.01. The lowest BCUT2D eigenvalue weighted by Crippen LogP contribution is -2.03. The van der Waals surface area contributed by atoms with Crippen LogP contribution in [-0.2, 0) is 0 Å². The van der Waals surface area contributed by atoms with Gasteiger partial charge in [-0.1, -0.05) is 103 Å². The summed E-state index contributed by atoms with van der Waals surface area (Å²) in [5, 5.41) is 11.4. The second-order valence-corrected chi connectivity index (χ2v) is 16.0. The quantitative estimate of drug-likeness (QED) is 0.181. The molecule has 0 amide bonds. The molecular weight excluding hydrogens is 667 g/mol. The summed E-state index contributed by atoms with van der Waals surface area (Å²) in [4.78, 5) is 10.9. The topological polar surface area (TPSA) is 30.7 Å². The van der Waals surface area contributed by atoms with E-state index in [1.165, 1.54) is 71.3 Å². The Hall–Kier alpha value is -5.66. The zero-order valence-electron chi connectivity index (χ0n) is 26.3. The van der Waals surface area contributed by atoms with E-state index in [1.807, 2.05) is 34.0 Å². The van der Waals surface area contributed by atoms with Crippen molar-refractivity contribution in [2.24, 2.45) is 0 Å². The summed E-state index contributed by atoms with van der Waals surface area (Å²) in [6.45, 7) is 0. The molecule has 12 rings (SSSR count). The minimum atomic E-state index is 0.692. The van der Waals surface area contributed by atoms with Crippen LogP contribution in [0.1, 0.15) is 0 Å². The maximum Gasteiger partial charge on any atom is 0.235 e. The van der Waals surface area contributed by atoms with Crippen LogP contribution in [0.4, 0.5) is 0 Å². The highest BCUT2D eigenvalue weighted by Crippen LogP contribution is 2.48. The van der Waals surface area contributed by atoms with Gasteiger partial charge in [-0.05, 0) is 36.4 Å². The smallest absolute Gasteiger partial charge is 0.235 e. The highest BCUT2D eigenvalue weighted by Gasteiger charge is 2.23. The number of para-hydroxylation sites is 1. The fraction of sp³-hybridized carbons (Fsp3) is 0. The van der Waals surface area contributed by atoms with E-state index in [1.54, 1.807) is 0 Å². The number of thiophene rings is 3. The highest BCUT2D eigenvalue weighted by atomic mass is 32.1. The van der Waals surface area contributed by atoms with Crippen LogP contribution in [0.15, 0.2) is 140 Å². The third-order valence-corrected chi connectivity index (χ3v) is 13.9. The molecule has 232 valence electrons. The van der Waals surface area contributed by atoms with Crippen molar-refractivity contribution in [2.45, 2.75) is 0 Å². The van der Waals surface area contributed by atoms with Crippen molar-refractivity contribution >= 4 is 127 Å². The summed E-state index contributed by atoms with van der Waals surface area (Å²) in [7, 11) is 0. The van der Waals surface area contributed by atoms with Crippen molar-refractivity contribution in [2.75, 3.05) is 0 Å². The van der Waals surface area contributed by atoms with E-state index in [9.17, 15) is 0 Å². The Morgan fingerprint density at radius 2 is 0.860 bits per heavy atom. The van der Waals surface area contributed by atoms with Crippen molar-refractivity contribution in [3.63, 3.8) is 0 Å². The van der Waals surface area contributed by atoms with Gasteiger partial charge in [0, 0.05) is 82.2 Å². The van der Waals surface area contributed by atoms with Crippen LogP contribution in [-0.4, -0.2) is 14.5 Å². The Bertz CT molecular complexity index is 3270. The van der Waals surface area contributed by atoms with Crippen LogP contribution in [0.25, 0.3) is 110 Å². The van der Waals surface area contributed by atoms with E-state index < -0.39 is 0 Å². The van der Waals surface area contributed by atoms with Crippen LogP contribution in [0.2, 0.25) is 0 Å². The molecule has 0 bridgehead atoms. The average molecular weight is 690 g/mol. The fourth-order valence-corrected chi connectivity index (χ4v) is 11.8. The van der Waals surface area contributed by atoms with Crippen LogP contribution in [0.3, 0.4) is 0 Å². The second-order valence-electron chi connectivity index (χ2n) is 12.9. The SMILES string of the molecule is c1ccc2c(-c3cccc4c3sc3ccccc34)nc(-n3c4ccc5c6ccccc6sc5c4c4c5sc6ccccc6c5ccc43)nc2c1. The molecule has 0 aliphatic heterocycles. The summed E-state index contributed by atoms with van der Waals surface area (Å²) in [5.74, 6) is 0.692. The number of rotatable bonds is 2. The molecule has 0 fully saturated rings. The van der Waals surface area contributed by atoms with Gasteiger partial charge >= 0.3 is 0 Å². The van der Waals surface area contributed by atoms with Crippen LogP contribution >= 0.6 is 34.0 Å². The van der Waals surface area contributed by atoms with Crippen LogP contribution in [0.5, 0.6) is 0 Å². The highest BCUT2D eigenvalue weighted by molar-refractivity contribution is 7.28. The van der Waals surface area contributed by atoms with E-state index >= 15 is 0 Å². The van der Waals surface area contributed by atoms with Gasteiger partial charge in [-0.2, -0.15) is 0 Å². The molecule has 0 atom stereocenters. The fourth-order valence-electron chi connectivity index (χ4n) is 8.06. The van der Waals surface area contributed by atoms with E-state index in [-0.39, 0.29) is 0 Å². The number of fused-ring (bicyclic) bond motifs is 15. The zero-order valence-corrected chi connectivity index (χ0v) is 28.8. The maximum absolute atomic E-state index is 5.55. The molecule has 0 unspecified atom stereocenters. The molecule has 0 aliphatic carbocycles. The molecule has 50 heavy (non-hydrogen) atoms. The first kappa shape index (κ1) is 27.2. The zero-order chi connectivity index (χ0) is 32.5. The van der Waals surface area contributed by atoms with Gasteiger partial charge in [0.1, 0.15) is 0 Å². The predicted octanol–water partition coefficient (Wildman–Crippen LogP) is 13.5. The van der Waals surface area contributed by atoms with Gasteiger partial charge in [-0.3, -0.25) is 4.57 Å². The number of aromatic nitrogens is 3. The van der Waals surface area contributed by atoms with Crippen molar-refractivity contribution in [3.05, 3.63) is 140 Å². The van der Waals surface area contributed by atoms with Crippen molar-refractivity contribution in [3.8, 4) is 17.2 Å². The minimum absolute atomic E-state index is 0.692. The molecule has 7 aromatic carbocycles. The monoisotopic (exact) mass is 689 g/mol. The summed E-state index contributed by atoms with van der Waals surface area (Å²) in [6, 6.07) is 50.5. The molecule has 0 N–H and O–H groups in total. The Morgan fingerprint density at radius 1 is 0.380 bits per heavy atom. The number of hydrogen-bond donors (Lipinski definition) is 0. The van der Waals surface area contributed by atoms with E-state index in [2.05, 4.69) is 144 Å². The van der Waals surface area contributed by atoms with Gasteiger partial charge < -0.3 is 0 Å². The Morgan fingerprint density at radius 3 is 1.46 bits per heavy atom. The molecule has 6 heteroatoms. The first-order valence-corrected chi connectivity index (χ1v) is 19.1. The molecule has 12 aromatic rings. The Balaban J connectivity index is 1.25. The first-order valence-electron chi connectivity index (χ1n) is 16.7. The van der Waals surface area contributed by atoms with Gasteiger partial charge in [-0.25, -0.2) is 9.97 Å². The number of nitrogens with zero attached hydrogens (tertiary/aromatic N) is 3. The summed E-state index contributed by atoms with van der Waals surface area (Å²) >= 11 is 5.62. The Labute approximate surface area is 296 Å². The lowest BCUT2D eigenvalue weighted by Gasteiger charge is -2.12. The van der Waals surface area contributed by atoms with E-state index in [0.29, 0.717) is 5.95 Å². The minimum Gasteiger partial charge on any atom is -0.278 e. The molecule has 0 saturated carbocycles. The summed E-state index contributed by atoms with van der Waals surface area (Å²) in [6.07, 6.45) is 0. The summed E-state index contributed by atoms with van der Waals surface area (Å²) in [5.41, 5.74) is 5.30. The van der Waals surface area contributed by atoms with E-state index in [0.717, 1.165) is 33.2 Å². The molecular formula is C44H23N3S3. The predicted molar refractivity (Wildman–Crippen MR) is 218 cm³/mol. The van der Waals surface area contributed by atoms with E-state index in [4.69, 9.17) is 9.97 Å². The number of benzene rings is 7. The standard InChI is InChI=1S/C44H23N3S3/c1-5-16-32-30(13-1)40(31-15-9-14-27-24-10-2-6-17-35(24)48-41(27)31)46-44(45-32)47-33-22-20-28-25-11-3-7-18-36(25)49-42(28)38(33)39-34(47)23-21-29-26-12-4-8-19-37(26)50-43(29)39/h1-23H. The molecule has 5 heterocycles. The maximum atomic E-state index is 5.55. The van der Waals surface area contributed by atoms with Crippen LogP contribution < -0.4 is 0 Å². The molecule has 5 aromatic heterocycles. The number of hydrogen-bond acceptors (Lipinski definition) is 5. The van der Waals surface area contributed by atoms with Gasteiger partial charge in [-0.15, -0.1) is 34.0 Å². The lowest BCUT2D eigenvalue weighted by atomic mass is 10.0. The molecule has 0 saturated heterocycles. The molecule has 0 radical (unpaired) electrons. The Kier molecular flexibility index (Phi) is 5.42. The van der Waals surface area contributed by atoms with Gasteiger partial charge in [0.2, 0.25) is 5.95 Å². The first-order chi connectivity index (χ1) is 24.8. The summed E-state index contributed by atoms with van der Waals surface area (Å²) < 4.78 is 10.1. The molecule has 0 spiro atoms. The third-order valence-electron chi connectivity index (χ3n) is 10.2. The third kappa shape index (κ3) is 3.57.